The summed E-state index contributed by atoms with van der Waals surface area (Å²) in [6, 6.07) is 0. The normalized spacial score (nSPS) is 9.45. The smallest absolute Gasteiger partial charge is 0.0575 e. The van der Waals surface area contributed by atoms with Gasteiger partial charge in [-0.25, -0.2) is 0 Å². The maximum Gasteiger partial charge on any atom is 0.0575 e. The molecule has 11 heavy (non-hydrogen) atoms. The third-order valence-corrected chi connectivity index (χ3v) is 1.36. The van der Waals surface area contributed by atoms with Gasteiger partial charge in [-0.1, -0.05) is 0 Å². The molecule has 2 heteroatoms. The Balaban J connectivity index is 2.75. The summed E-state index contributed by atoms with van der Waals surface area (Å²) in [5.74, 6) is 2.53. The quantitative estimate of drug-likeness (QED) is 0.438. The third-order valence-electron chi connectivity index (χ3n) is 1.36. The number of nitrogens with one attached hydrogen (secondary N) is 1. The van der Waals surface area contributed by atoms with Crippen LogP contribution in [0.5, 0.6) is 0 Å². The number of rotatable bonds is 7. The van der Waals surface area contributed by atoms with Gasteiger partial charge in [0, 0.05) is 13.0 Å². The van der Waals surface area contributed by atoms with E-state index in [1.54, 1.807) is 0 Å². The van der Waals surface area contributed by atoms with Crippen LogP contribution in [0.15, 0.2) is 0 Å². The molecule has 0 saturated heterocycles. The van der Waals surface area contributed by atoms with Crippen molar-refractivity contribution in [3.8, 4) is 12.3 Å². The number of unbranched alkanes of at least 4 members (excludes halogenated alkanes) is 1. The largest absolute Gasteiger partial charge is 0.380 e. The maximum atomic E-state index is 5.25. The fraction of sp³-hybridized carbons (Fsp3) is 0.778. The Labute approximate surface area is 69.3 Å². The van der Waals surface area contributed by atoms with Gasteiger partial charge >= 0.3 is 0 Å². The van der Waals surface area contributed by atoms with Crippen LogP contribution >= 0.6 is 0 Å². The molecule has 0 saturated carbocycles. The lowest BCUT2D eigenvalue weighted by atomic mass is 10.3. The molecule has 0 amide bonds. The Morgan fingerprint density at radius 3 is 2.82 bits per heavy atom. The van der Waals surface area contributed by atoms with Crippen molar-refractivity contribution >= 4 is 0 Å². The predicted molar refractivity (Wildman–Crippen MR) is 47.4 cm³/mol. The molecule has 64 valence electrons. The van der Waals surface area contributed by atoms with E-state index in [-0.39, 0.29) is 0 Å². The van der Waals surface area contributed by atoms with Crippen LogP contribution in [0.1, 0.15) is 19.3 Å². The molecule has 0 fully saturated rings. The minimum absolute atomic E-state index is 0.704. The highest BCUT2D eigenvalue weighted by Crippen LogP contribution is 1.89. The van der Waals surface area contributed by atoms with Crippen molar-refractivity contribution in [2.24, 2.45) is 0 Å². The molecule has 0 rings (SSSR count). The lowest BCUT2D eigenvalue weighted by Gasteiger charge is -2.00. The molecule has 0 aliphatic rings. The highest BCUT2D eigenvalue weighted by molar-refractivity contribution is 4.82. The summed E-state index contributed by atoms with van der Waals surface area (Å²) in [6.07, 6.45) is 8.07. The molecule has 0 aromatic carbocycles. The summed E-state index contributed by atoms with van der Waals surface area (Å²) >= 11 is 0. The summed E-state index contributed by atoms with van der Waals surface area (Å²) in [5.41, 5.74) is 0. The monoisotopic (exact) mass is 155 g/mol. The van der Waals surface area contributed by atoms with Crippen LogP contribution in [-0.4, -0.2) is 26.8 Å². The highest BCUT2D eigenvalue weighted by atomic mass is 16.5. The van der Waals surface area contributed by atoms with E-state index >= 15 is 0 Å². The van der Waals surface area contributed by atoms with E-state index in [9.17, 15) is 0 Å². The first-order valence-electron chi connectivity index (χ1n) is 4.07. The minimum atomic E-state index is 0.704. The molecule has 0 spiro atoms. The first-order valence-corrected chi connectivity index (χ1v) is 4.07. The molecular weight excluding hydrogens is 138 g/mol. The Bertz CT molecular complexity index is 107. The SMILES string of the molecule is C#CCCOCCCCNC. The van der Waals surface area contributed by atoms with E-state index in [2.05, 4.69) is 11.2 Å². The Morgan fingerprint density at radius 1 is 1.36 bits per heavy atom. The van der Waals surface area contributed by atoms with Gasteiger partial charge in [0.15, 0.2) is 0 Å². The van der Waals surface area contributed by atoms with Crippen LogP contribution in [0.25, 0.3) is 0 Å². The average Bonchev–Trinajstić information content (AvgIpc) is 2.03. The Morgan fingerprint density at radius 2 is 2.18 bits per heavy atom. The van der Waals surface area contributed by atoms with Gasteiger partial charge in [-0.15, -0.1) is 12.3 Å². The molecule has 0 aliphatic carbocycles. The zero-order valence-corrected chi connectivity index (χ0v) is 7.23. The molecule has 1 N–H and O–H groups in total. The summed E-state index contributed by atoms with van der Waals surface area (Å²) < 4.78 is 5.25. The van der Waals surface area contributed by atoms with Crippen LogP contribution in [0.4, 0.5) is 0 Å². The molecule has 0 bridgehead atoms. The van der Waals surface area contributed by atoms with E-state index < -0.39 is 0 Å². The summed E-state index contributed by atoms with van der Waals surface area (Å²) in [4.78, 5) is 0. The first kappa shape index (κ1) is 10.5. The first-order chi connectivity index (χ1) is 5.41. The molecule has 2 nitrogen and oxygen atoms in total. The van der Waals surface area contributed by atoms with Crippen molar-refractivity contribution in [3.63, 3.8) is 0 Å². The van der Waals surface area contributed by atoms with Crippen LogP contribution in [0.3, 0.4) is 0 Å². The zero-order chi connectivity index (χ0) is 8.36. The van der Waals surface area contributed by atoms with Gasteiger partial charge in [0.1, 0.15) is 0 Å². The van der Waals surface area contributed by atoms with Gasteiger partial charge < -0.3 is 10.1 Å². The zero-order valence-electron chi connectivity index (χ0n) is 7.23. The molecule has 0 aromatic heterocycles. The Hall–Kier alpha value is -0.520. The molecule has 0 atom stereocenters. The third kappa shape index (κ3) is 9.48. The van der Waals surface area contributed by atoms with Crippen LogP contribution in [0, 0.1) is 12.3 Å². The minimum Gasteiger partial charge on any atom is -0.380 e. The standard InChI is InChI=1S/C9H17NO/c1-3-4-8-11-9-6-5-7-10-2/h1,10H,4-9H2,2H3. The average molecular weight is 155 g/mol. The molecule has 0 aliphatic heterocycles. The molecule has 0 unspecified atom stereocenters. The van der Waals surface area contributed by atoms with E-state index in [0.717, 1.165) is 26.0 Å². The van der Waals surface area contributed by atoms with E-state index in [1.165, 1.54) is 6.42 Å². The van der Waals surface area contributed by atoms with Gasteiger partial charge in [-0.05, 0) is 26.4 Å². The van der Waals surface area contributed by atoms with E-state index in [0.29, 0.717) is 6.61 Å². The topological polar surface area (TPSA) is 21.3 Å². The predicted octanol–water partition coefficient (Wildman–Crippen LogP) is 1.03. The van der Waals surface area contributed by atoms with Crippen molar-refractivity contribution in [2.45, 2.75) is 19.3 Å². The molecule has 0 heterocycles. The van der Waals surface area contributed by atoms with Crippen LogP contribution < -0.4 is 5.32 Å². The fourth-order valence-electron chi connectivity index (χ4n) is 0.739. The van der Waals surface area contributed by atoms with Gasteiger partial charge in [-0.3, -0.25) is 0 Å². The number of hydrogen-bond acceptors (Lipinski definition) is 2. The second-order valence-electron chi connectivity index (χ2n) is 2.38. The van der Waals surface area contributed by atoms with Crippen molar-refractivity contribution in [1.29, 1.82) is 0 Å². The number of ether oxygens (including phenoxy) is 1. The van der Waals surface area contributed by atoms with Crippen LogP contribution in [-0.2, 0) is 4.74 Å². The van der Waals surface area contributed by atoms with E-state index in [4.69, 9.17) is 11.2 Å². The van der Waals surface area contributed by atoms with Crippen molar-refractivity contribution in [3.05, 3.63) is 0 Å². The summed E-state index contributed by atoms with van der Waals surface area (Å²) in [5, 5.41) is 3.08. The van der Waals surface area contributed by atoms with Gasteiger partial charge in [0.2, 0.25) is 0 Å². The number of terminal acetylenes is 1. The second-order valence-corrected chi connectivity index (χ2v) is 2.38. The highest BCUT2D eigenvalue weighted by Gasteiger charge is 1.87. The van der Waals surface area contributed by atoms with Crippen molar-refractivity contribution < 1.29 is 4.74 Å². The summed E-state index contributed by atoms with van der Waals surface area (Å²) in [7, 11) is 1.96. The van der Waals surface area contributed by atoms with E-state index in [1.807, 2.05) is 7.05 Å². The maximum absolute atomic E-state index is 5.25. The van der Waals surface area contributed by atoms with Crippen LogP contribution in [0.2, 0.25) is 0 Å². The van der Waals surface area contributed by atoms with Crippen molar-refractivity contribution in [2.75, 3.05) is 26.8 Å². The molecule has 0 radical (unpaired) electrons. The number of hydrogen-bond donors (Lipinski definition) is 1. The lowest BCUT2D eigenvalue weighted by Crippen LogP contribution is -2.08. The molecular formula is C9H17NO. The van der Waals surface area contributed by atoms with Gasteiger partial charge in [0.05, 0.1) is 6.61 Å². The van der Waals surface area contributed by atoms with Gasteiger partial charge in [0.25, 0.3) is 0 Å². The van der Waals surface area contributed by atoms with Crippen molar-refractivity contribution in [1.82, 2.24) is 5.32 Å². The Kier molecular flexibility index (Phi) is 9.03. The van der Waals surface area contributed by atoms with Gasteiger partial charge in [-0.2, -0.15) is 0 Å². The lowest BCUT2D eigenvalue weighted by molar-refractivity contribution is 0.136. The molecule has 0 aromatic rings. The second kappa shape index (κ2) is 9.48. The summed E-state index contributed by atoms with van der Waals surface area (Å²) in [6.45, 7) is 2.61. The fourth-order valence-corrected chi connectivity index (χ4v) is 0.739.